The summed E-state index contributed by atoms with van der Waals surface area (Å²) in [6, 6.07) is 11.0. The highest BCUT2D eigenvalue weighted by Gasteiger charge is 2.17. The molecule has 0 saturated heterocycles. The van der Waals surface area contributed by atoms with Crippen LogP contribution >= 0.6 is 0 Å². The molecular formula is C21H26N2O6S. The number of hydrogen-bond donors (Lipinski definition) is 1. The molecule has 0 heterocycles. The van der Waals surface area contributed by atoms with E-state index < -0.39 is 10.0 Å². The maximum atomic E-state index is 12.4. The molecule has 0 aliphatic heterocycles. The van der Waals surface area contributed by atoms with E-state index in [0.717, 1.165) is 5.56 Å². The molecule has 0 atom stereocenters. The SMILES string of the molecule is COc1cccc(CN(C)C(=O)CCNS(=O)(=O)c2ccc(C(C)=O)cc2)c1OC. The largest absolute Gasteiger partial charge is 0.493 e. The Hall–Kier alpha value is -2.91. The van der Waals surface area contributed by atoms with E-state index in [1.807, 2.05) is 6.07 Å². The zero-order valence-corrected chi connectivity index (χ0v) is 18.3. The van der Waals surface area contributed by atoms with Crippen molar-refractivity contribution >= 4 is 21.7 Å². The molecule has 30 heavy (non-hydrogen) atoms. The van der Waals surface area contributed by atoms with Crippen molar-refractivity contribution in [1.29, 1.82) is 0 Å². The first-order valence-corrected chi connectivity index (χ1v) is 10.7. The molecule has 0 radical (unpaired) electrons. The van der Waals surface area contributed by atoms with Gasteiger partial charge in [-0.25, -0.2) is 13.1 Å². The van der Waals surface area contributed by atoms with Gasteiger partial charge in [0.2, 0.25) is 15.9 Å². The van der Waals surface area contributed by atoms with Crippen molar-refractivity contribution in [2.75, 3.05) is 27.8 Å². The molecule has 9 heteroatoms. The minimum Gasteiger partial charge on any atom is -0.493 e. The summed E-state index contributed by atoms with van der Waals surface area (Å²) in [6.07, 6.45) is -0.00641. The molecule has 2 aromatic rings. The number of ketones is 1. The van der Waals surface area contributed by atoms with Crippen LogP contribution in [0.1, 0.15) is 29.3 Å². The first-order valence-electron chi connectivity index (χ1n) is 9.24. The lowest BCUT2D eigenvalue weighted by Crippen LogP contribution is -2.32. The molecule has 0 aliphatic carbocycles. The van der Waals surface area contributed by atoms with Crippen LogP contribution in [0.5, 0.6) is 11.5 Å². The number of rotatable bonds is 10. The van der Waals surface area contributed by atoms with Crippen molar-refractivity contribution in [2.24, 2.45) is 0 Å². The highest BCUT2D eigenvalue weighted by molar-refractivity contribution is 7.89. The summed E-state index contributed by atoms with van der Waals surface area (Å²) in [5.41, 5.74) is 1.21. The molecule has 0 spiro atoms. The summed E-state index contributed by atoms with van der Waals surface area (Å²) >= 11 is 0. The van der Waals surface area contributed by atoms with Crippen LogP contribution in [0.25, 0.3) is 0 Å². The molecule has 0 fully saturated rings. The highest BCUT2D eigenvalue weighted by Crippen LogP contribution is 2.31. The molecule has 0 saturated carbocycles. The van der Waals surface area contributed by atoms with Crippen LogP contribution in [0, 0.1) is 0 Å². The third kappa shape index (κ3) is 5.80. The zero-order chi connectivity index (χ0) is 22.3. The van der Waals surface area contributed by atoms with E-state index in [0.29, 0.717) is 23.6 Å². The van der Waals surface area contributed by atoms with Crippen LogP contribution in [-0.2, 0) is 21.4 Å². The smallest absolute Gasteiger partial charge is 0.240 e. The van der Waals surface area contributed by atoms with Crippen LogP contribution in [0.15, 0.2) is 47.4 Å². The van der Waals surface area contributed by atoms with E-state index >= 15 is 0 Å². The van der Waals surface area contributed by atoms with Gasteiger partial charge in [0.05, 0.1) is 19.1 Å². The van der Waals surface area contributed by atoms with Crippen molar-refractivity contribution in [3.63, 3.8) is 0 Å². The fraction of sp³-hybridized carbons (Fsp3) is 0.333. The Morgan fingerprint density at radius 1 is 1.03 bits per heavy atom. The lowest BCUT2D eigenvalue weighted by atomic mass is 10.1. The second-order valence-corrected chi connectivity index (χ2v) is 8.40. The Balaban J connectivity index is 1.94. The number of hydrogen-bond acceptors (Lipinski definition) is 6. The first kappa shape index (κ1) is 23.4. The monoisotopic (exact) mass is 434 g/mol. The number of methoxy groups -OCH3 is 2. The van der Waals surface area contributed by atoms with Crippen LogP contribution in [0.4, 0.5) is 0 Å². The normalized spacial score (nSPS) is 11.1. The van der Waals surface area contributed by atoms with E-state index in [2.05, 4.69) is 4.72 Å². The van der Waals surface area contributed by atoms with Gasteiger partial charge in [-0.1, -0.05) is 24.3 Å². The molecule has 1 N–H and O–H groups in total. The first-order chi connectivity index (χ1) is 14.2. The number of carbonyl (C=O) groups is 2. The molecule has 2 rings (SSSR count). The Morgan fingerprint density at radius 3 is 2.27 bits per heavy atom. The number of nitrogens with zero attached hydrogens (tertiary/aromatic N) is 1. The number of nitrogens with one attached hydrogen (secondary N) is 1. The van der Waals surface area contributed by atoms with Gasteiger partial charge in [0.25, 0.3) is 0 Å². The Bertz CT molecular complexity index is 1000. The van der Waals surface area contributed by atoms with E-state index in [9.17, 15) is 18.0 Å². The topological polar surface area (TPSA) is 102 Å². The van der Waals surface area contributed by atoms with Gasteiger partial charge >= 0.3 is 0 Å². The number of Topliss-reactive ketones (excluding diaryl/α,β-unsaturated/α-hetero) is 1. The Morgan fingerprint density at radius 2 is 1.70 bits per heavy atom. The molecule has 0 aromatic heterocycles. The van der Waals surface area contributed by atoms with Gasteiger partial charge in [-0.05, 0) is 25.1 Å². The zero-order valence-electron chi connectivity index (χ0n) is 17.5. The minimum absolute atomic E-state index is 0.00641. The van der Waals surface area contributed by atoms with Crippen LogP contribution in [0.2, 0.25) is 0 Å². The fourth-order valence-electron chi connectivity index (χ4n) is 2.86. The standard InChI is InChI=1S/C21H26N2O6S/c1-15(24)16-8-10-18(11-9-16)30(26,27)22-13-12-20(25)23(2)14-17-6-5-7-19(28-3)21(17)29-4/h5-11,22H,12-14H2,1-4H3. The van der Waals surface area contributed by atoms with Crippen LogP contribution in [-0.4, -0.2) is 52.8 Å². The highest BCUT2D eigenvalue weighted by atomic mass is 32.2. The second kappa shape index (κ2) is 10.2. The number of carbonyl (C=O) groups excluding carboxylic acids is 2. The molecular weight excluding hydrogens is 408 g/mol. The Labute approximate surface area is 176 Å². The van der Waals surface area contributed by atoms with E-state index in [1.165, 1.54) is 50.3 Å². The quantitative estimate of drug-likeness (QED) is 0.576. The van der Waals surface area contributed by atoms with Crippen LogP contribution < -0.4 is 14.2 Å². The predicted molar refractivity (Wildman–Crippen MR) is 112 cm³/mol. The number of sulfonamides is 1. The molecule has 0 unspecified atom stereocenters. The second-order valence-electron chi connectivity index (χ2n) is 6.63. The molecule has 0 bridgehead atoms. The summed E-state index contributed by atoms with van der Waals surface area (Å²) in [5, 5.41) is 0. The van der Waals surface area contributed by atoms with E-state index in [4.69, 9.17) is 9.47 Å². The number of amides is 1. The summed E-state index contributed by atoms with van der Waals surface area (Å²) in [4.78, 5) is 25.3. The summed E-state index contributed by atoms with van der Waals surface area (Å²) in [5.74, 6) is 0.747. The molecule has 162 valence electrons. The molecule has 8 nitrogen and oxygen atoms in total. The number of para-hydroxylation sites is 1. The predicted octanol–water partition coefficient (Wildman–Crippen LogP) is 2.23. The summed E-state index contributed by atoms with van der Waals surface area (Å²) < 4.78 is 37.8. The summed E-state index contributed by atoms with van der Waals surface area (Å²) in [6.45, 7) is 1.65. The van der Waals surface area contributed by atoms with Crippen molar-refractivity contribution < 1.29 is 27.5 Å². The maximum absolute atomic E-state index is 12.4. The molecule has 2 aromatic carbocycles. The lowest BCUT2D eigenvalue weighted by Gasteiger charge is -2.20. The van der Waals surface area contributed by atoms with E-state index in [-0.39, 0.29) is 29.6 Å². The van der Waals surface area contributed by atoms with Gasteiger partial charge in [0.15, 0.2) is 17.3 Å². The molecule has 1 amide bonds. The fourth-order valence-corrected chi connectivity index (χ4v) is 3.89. The average molecular weight is 435 g/mol. The average Bonchev–Trinajstić information content (AvgIpc) is 2.73. The van der Waals surface area contributed by atoms with Crippen LogP contribution in [0.3, 0.4) is 0 Å². The minimum atomic E-state index is -3.77. The van der Waals surface area contributed by atoms with Crippen molar-refractivity contribution in [3.8, 4) is 11.5 Å². The third-order valence-corrected chi connectivity index (χ3v) is 6.00. The third-order valence-electron chi connectivity index (χ3n) is 4.52. The van der Waals surface area contributed by atoms with Crippen molar-refractivity contribution in [2.45, 2.75) is 24.8 Å². The van der Waals surface area contributed by atoms with Crippen molar-refractivity contribution in [1.82, 2.24) is 9.62 Å². The molecule has 0 aliphatic rings. The van der Waals surface area contributed by atoms with Gasteiger partial charge < -0.3 is 14.4 Å². The number of benzene rings is 2. The van der Waals surface area contributed by atoms with Gasteiger partial charge in [-0.3, -0.25) is 9.59 Å². The van der Waals surface area contributed by atoms with Gasteiger partial charge in [-0.2, -0.15) is 0 Å². The van der Waals surface area contributed by atoms with Gasteiger partial charge in [-0.15, -0.1) is 0 Å². The lowest BCUT2D eigenvalue weighted by molar-refractivity contribution is -0.130. The van der Waals surface area contributed by atoms with E-state index in [1.54, 1.807) is 19.2 Å². The summed E-state index contributed by atoms with van der Waals surface area (Å²) in [7, 11) is 0.931. The van der Waals surface area contributed by atoms with Crippen molar-refractivity contribution in [3.05, 3.63) is 53.6 Å². The van der Waals surface area contributed by atoms with Gasteiger partial charge in [0, 0.05) is 37.7 Å². The maximum Gasteiger partial charge on any atom is 0.240 e. The Kier molecular flexibility index (Phi) is 7.96. The number of ether oxygens (including phenoxy) is 2. The van der Waals surface area contributed by atoms with Gasteiger partial charge in [0.1, 0.15) is 0 Å².